The summed E-state index contributed by atoms with van der Waals surface area (Å²) in [7, 11) is 0. The third-order valence-corrected chi connectivity index (χ3v) is 16.9. The first-order valence-electron chi connectivity index (χ1n) is 4.24. The molecule has 0 aromatic heterocycles. The number of rotatable bonds is 2. The van der Waals surface area contributed by atoms with E-state index in [-0.39, 0.29) is 24.9 Å². The summed E-state index contributed by atoms with van der Waals surface area (Å²) < 4.78 is 12.3. The molecule has 1 aliphatic heterocycles. The summed E-state index contributed by atoms with van der Waals surface area (Å²) >= 11 is 2.19. The van der Waals surface area contributed by atoms with Crippen LogP contribution in [-0.4, -0.2) is 108 Å². The molecule has 14 heavy (non-hydrogen) atoms. The van der Waals surface area contributed by atoms with E-state index in [9.17, 15) is 5.11 Å². The maximum absolute atomic E-state index is 9.17. The van der Waals surface area contributed by atoms with Gasteiger partial charge in [-0.05, 0) is 0 Å². The van der Waals surface area contributed by atoms with Crippen molar-refractivity contribution in [1.82, 2.24) is 0 Å². The van der Waals surface area contributed by atoms with E-state index in [0.717, 1.165) is 51.5 Å². The van der Waals surface area contributed by atoms with Crippen molar-refractivity contribution in [3.05, 3.63) is 0 Å². The molecule has 5 atom stereocenters. The number of terminal acetylenes is 1. The average molecular weight is 766 g/mol. The van der Waals surface area contributed by atoms with Crippen LogP contribution in [0.2, 0.25) is 6.95 Å². The van der Waals surface area contributed by atoms with Crippen LogP contribution >= 0.6 is 0 Å². The SMILES string of the molecule is C#C[C@H]1O[C@H](CO)[C@@H]([Tl])[C@H]([Tl])[C@@H]1[O][Tl]. The predicted octanol–water partition coefficient (Wildman–Crippen LogP) is -1.24. The van der Waals surface area contributed by atoms with Crippen LogP contribution in [0, 0.1) is 12.3 Å². The predicted molar refractivity (Wildman–Crippen MR) is 54.2 cm³/mol. The number of hydrogen-bond acceptors (Lipinski definition) is 3. The molecule has 0 saturated carbocycles. The van der Waals surface area contributed by atoms with Crippen LogP contribution in [0.3, 0.4) is 0 Å². The fraction of sp³-hybridized carbons (Fsp3) is 0.750. The molecule has 0 unspecified atom stereocenters. The van der Waals surface area contributed by atoms with Gasteiger partial charge in [0.1, 0.15) is 0 Å². The molecule has 0 spiro atoms. The van der Waals surface area contributed by atoms with Crippen molar-refractivity contribution in [3.63, 3.8) is 0 Å². The topological polar surface area (TPSA) is 38.7 Å². The maximum atomic E-state index is 9.17. The quantitative estimate of drug-likeness (QED) is 0.283. The Morgan fingerprint density at radius 3 is 2.50 bits per heavy atom. The van der Waals surface area contributed by atoms with Crippen molar-refractivity contribution in [2.24, 2.45) is 0 Å². The van der Waals surface area contributed by atoms with Gasteiger partial charge in [-0.15, -0.1) is 0 Å². The molecule has 1 aliphatic rings. The van der Waals surface area contributed by atoms with Gasteiger partial charge < -0.3 is 0 Å². The van der Waals surface area contributed by atoms with E-state index in [1.54, 1.807) is 0 Å². The standard InChI is InChI=1S/C8H9O3.3Tl/c1-2-8-7(10)4-3-6(5-9)11-8;;;/h1,3-4,6-9H,5H2;;;/q-1;;;+1/t6-,7-,8+;;;/m0.../s1. The summed E-state index contributed by atoms with van der Waals surface area (Å²) in [4.78, 5) is 0. The molecule has 68 valence electrons. The van der Waals surface area contributed by atoms with Crippen molar-refractivity contribution in [2.45, 2.75) is 25.3 Å². The molecule has 0 amide bonds. The summed E-state index contributed by atoms with van der Waals surface area (Å²) in [6.07, 6.45) is 5.26. The Morgan fingerprint density at radius 1 is 1.43 bits per heavy atom. The summed E-state index contributed by atoms with van der Waals surface area (Å²) in [5.41, 5.74) is 0. The van der Waals surface area contributed by atoms with Crippen molar-refractivity contribution in [3.8, 4) is 12.3 Å². The second-order valence-corrected chi connectivity index (χ2v) is 10.2. The van der Waals surface area contributed by atoms with Crippen LogP contribution in [0.25, 0.3) is 0 Å². The van der Waals surface area contributed by atoms with Crippen molar-refractivity contribution >= 4 is 77.8 Å². The number of aliphatic hydroxyl groups is 1. The monoisotopic (exact) mass is 768 g/mol. The molecule has 1 rings (SSSR count). The van der Waals surface area contributed by atoms with Crippen molar-refractivity contribution in [2.75, 3.05) is 6.61 Å². The zero-order valence-corrected chi connectivity index (χ0v) is 21.1. The summed E-state index contributed by atoms with van der Waals surface area (Å²) in [5.74, 6) is 2.63. The van der Waals surface area contributed by atoms with Gasteiger partial charge in [-0.1, -0.05) is 0 Å². The van der Waals surface area contributed by atoms with Gasteiger partial charge in [-0.2, -0.15) is 0 Å². The first-order valence-corrected chi connectivity index (χ1v) is 11.3. The number of aliphatic hydroxyl groups excluding tert-OH is 1. The summed E-state index contributed by atoms with van der Waals surface area (Å²) in [6.45, 7) is 0.0959. The van der Waals surface area contributed by atoms with E-state index in [4.69, 9.17) is 13.8 Å². The zero-order valence-electron chi connectivity index (χ0n) is 7.67. The second-order valence-electron chi connectivity index (χ2n) is 3.20. The Balaban J connectivity index is 2.78. The first kappa shape index (κ1) is 14.3. The van der Waals surface area contributed by atoms with Crippen molar-refractivity contribution < 1.29 is 12.5 Å². The van der Waals surface area contributed by atoms with Gasteiger partial charge in [-0.3, -0.25) is 0 Å². The number of ether oxygens (including phenoxy) is 1. The Morgan fingerprint density at radius 2 is 2.07 bits per heavy atom. The fourth-order valence-electron chi connectivity index (χ4n) is 1.49. The molecule has 6 heteroatoms. The van der Waals surface area contributed by atoms with Crippen LogP contribution in [0.4, 0.5) is 0 Å². The van der Waals surface area contributed by atoms with E-state index in [1.165, 1.54) is 0 Å². The molecule has 0 aromatic carbocycles. The van der Waals surface area contributed by atoms with Gasteiger partial charge in [-0.25, -0.2) is 0 Å². The minimum absolute atomic E-state index is 0.0348. The molecule has 3 nitrogen and oxygen atoms in total. The van der Waals surface area contributed by atoms with E-state index in [2.05, 4.69) is 5.92 Å². The molecule has 1 fully saturated rings. The second kappa shape index (κ2) is 6.82. The summed E-state index contributed by atoms with van der Waals surface area (Å²) in [5, 5.41) is 9.17. The van der Waals surface area contributed by atoms with Crippen LogP contribution in [0.15, 0.2) is 0 Å². The third-order valence-electron chi connectivity index (χ3n) is 2.37. The van der Waals surface area contributed by atoms with E-state index in [0.29, 0.717) is 33.2 Å². The van der Waals surface area contributed by atoms with E-state index < -0.39 is 0 Å². The Kier molecular flexibility index (Phi) is 6.95. The molecular weight excluding hydrogens is 757 g/mol. The van der Waals surface area contributed by atoms with E-state index in [1.807, 2.05) is 0 Å². The van der Waals surface area contributed by atoms with Crippen LogP contribution < -0.4 is 0 Å². The Labute approximate surface area is 132 Å². The van der Waals surface area contributed by atoms with Gasteiger partial charge in [0, 0.05) is 0 Å². The Bertz CT molecular complexity index is 230. The van der Waals surface area contributed by atoms with Gasteiger partial charge in [0.05, 0.1) is 0 Å². The molecule has 0 bridgehead atoms. The molecular formula is C8H9O3Tl3. The van der Waals surface area contributed by atoms with Crippen molar-refractivity contribution in [1.29, 1.82) is 0 Å². The van der Waals surface area contributed by atoms with Crippen LogP contribution in [0.5, 0.6) is 0 Å². The third kappa shape index (κ3) is 3.11. The van der Waals surface area contributed by atoms with Gasteiger partial charge >= 0.3 is 135 Å². The zero-order chi connectivity index (χ0) is 10.7. The normalized spacial score (nSPS) is 42.8. The molecule has 1 heterocycles. The molecule has 0 radical (unpaired) electrons. The molecule has 0 aliphatic carbocycles. The Hall–Kier alpha value is 2.21. The van der Waals surface area contributed by atoms with Gasteiger partial charge in [0.2, 0.25) is 0 Å². The fourth-order valence-corrected chi connectivity index (χ4v) is 9.27. The molecule has 1 saturated heterocycles. The first-order chi connectivity index (χ1) is 6.65. The molecule has 1 N–H and O–H groups in total. The van der Waals surface area contributed by atoms with Gasteiger partial charge in [0.25, 0.3) is 0 Å². The minimum atomic E-state index is -0.234. The number of hydrogen-bond donors (Lipinski definition) is 1. The van der Waals surface area contributed by atoms with Crippen LogP contribution in [0.1, 0.15) is 0 Å². The molecule has 0 aromatic rings. The average Bonchev–Trinajstić information content (AvgIpc) is 2.21. The van der Waals surface area contributed by atoms with E-state index >= 15 is 0 Å². The van der Waals surface area contributed by atoms with Crippen LogP contribution in [-0.2, 0) is 7.42 Å². The van der Waals surface area contributed by atoms with Gasteiger partial charge in [0.15, 0.2) is 0 Å². The summed E-state index contributed by atoms with van der Waals surface area (Å²) in [6, 6.07) is 0.